The maximum absolute atomic E-state index is 12.1. The van der Waals surface area contributed by atoms with E-state index in [0.717, 1.165) is 18.5 Å². The number of hydrogen-bond donors (Lipinski definition) is 2. The standard InChI is InChI=1S/C14H21N3O/c1-15-14(7-3-2-4-8-14)11-13(18)17-12-5-9-16-10-6-12/h5-6,9-10,15H,2-4,7-8,11H2,1H3,(H,16,17,18). The molecule has 1 amide bonds. The average molecular weight is 247 g/mol. The molecule has 1 heterocycles. The molecule has 0 aliphatic heterocycles. The lowest BCUT2D eigenvalue weighted by atomic mass is 9.79. The molecule has 1 aliphatic rings. The number of hydrogen-bond acceptors (Lipinski definition) is 3. The number of carbonyl (C=O) groups excluding carboxylic acids is 1. The van der Waals surface area contributed by atoms with E-state index in [1.54, 1.807) is 12.4 Å². The summed E-state index contributed by atoms with van der Waals surface area (Å²) in [5, 5.41) is 6.29. The SMILES string of the molecule is CNC1(CC(=O)Nc2ccncc2)CCCCC1. The van der Waals surface area contributed by atoms with Crippen LogP contribution < -0.4 is 10.6 Å². The van der Waals surface area contributed by atoms with Gasteiger partial charge in [0.2, 0.25) is 5.91 Å². The molecular formula is C14H21N3O. The largest absolute Gasteiger partial charge is 0.326 e. The molecule has 0 spiro atoms. The van der Waals surface area contributed by atoms with E-state index in [9.17, 15) is 4.79 Å². The van der Waals surface area contributed by atoms with E-state index < -0.39 is 0 Å². The van der Waals surface area contributed by atoms with Crippen molar-refractivity contribution in [3.63, 3.8) is 0 Å². The Balaban J connectivity index is 1.93. The molecular weight excluding hydrogens is 226 g/mol. The normalized spacial score (nSPS) is 18.3. The van der Waals surface area contributed by atoms with Crippen LogP contribution in [0.4, 0.5) is 5.69 Å². The Labute approximate surface area is 108 Å². The second kappa shape index (κ2) is 5.96. The van der Waals surface area contributed by atoms with E-state index in [2.05, 4.69) is 15.6 Å². The summed E-state index contributed by atoms with van der Waals surface area (Å²) in [6.45, 7) is 0. The Morgan fingerprint density at radius 2 is 1.94 bits per heavy atom. The molecule has 1 fully saturated rings. The van der Waals surface area contributed by atoms with E-state index >= 15 is 0 Å². The van der Waals surface area contributed by atoms with Crippen LogP contribution in [0.15, 0.2) is 24.5 Å². The van der Waals surface area contributed by atoms with Gasteiger partial charge in [-0.1, -0.05) is 19.3 Å². The van der Waals surface area contributed by atoms with Crippen LogP contribution in [-0.2, 0) is 4.79 Å². The molecule has 0 atom stereocenters. The first-order valence-electron chi connectivity index (χ1n) is 6.63. The lowest BCUT2D eigenvalue weighted by Crippen LogP contribution is -2.47. The molecule has 2 N–H and O–H groups in total. The van der Waals surface area contributed by atoms with Crippen LogP contribution in [-0.4, -0.2) is 23.5 Å². The van der Waals surface area contributed by atoms with Gasteiger partial charge in [-0.15, -0.1) is 0 Å². The predicted octanol–water partition coefficient (Wildman–Crippen LogP) is 2.33. The van der Waals surface area contributed by atoms with E-state index in [4.69, 9.17) is 0 Å². The third kappa shape index (κ3) is 3.29. The van der Waals surface area contributed by atoms with Gasteiger partial charge in [-0.3, -0.25) is 9.78 Å². The molecule has 18 heavy (non-hydrogen) atoms. The average Bonchev–Trinajstić information content (AvgIpc) is 2.41. The summed E-state index contributed by atoms with van der Waals surface area (Å²) in [4.78, 5) is 16.0. The van der Waals surface area contributed by atoms with Crippen molar-refractivity contribution in [1.82, 2.24) is 10.3 Å². The Morgan fingerprint density at radius 3 is 2.56 bits per heavy atom. The molecule has 2 rings (SSSR count). The summed E-state index contributed by atoms with van der Waals surface area (Å²) >= 11 is 0. The van der Waals surface area contributed by atoms with Gasteiger partial charge in [0.1, 0.15) is 0 Å². The number of nitrogens with zero attached hydrogens (tertiary/aromatic N) is 1. The van der Waals surface area contributed by atoms with Gasteiger partial charge in [-0.25, -0.2) is 0 Å². The number of pyridine rings is 1. The smallest absolute Gasteiger partial charge is 0.226 e. The zero-order valence-corrected chi connectivity index (χ0v) is 10.9. The van der Waals surface area contributed by atoms with Crippen LogP contribution >= 0.6 is 0 Å². The summed E-state index contributed by atoms with van der Waals surface area (Å²) in [6, 6.07) is 3.62. The van der Waals surface area contributed by atoms with Crippen molar-refractivity contribution < 1.29 is 4.79 Å². The quantitative estimate of drug-likeness (QED) is 0.858. The van der Waals surface area contributed by atoms with Gasteiger partial charge in [0.25, 0.3) is 0 Å². The van der Waals surface area contributed by atoms with Crippen LogP contribution in [0.1, 0.15) is 38.5 Å². The van der Waals surface area contributed by atoms with Crippen molar-refractivity contribution in [2.45, 2.75) is 44.1 Å². The predicted molar refractivity (Wildman–Crippen MR) is 72.4 cm³/mol. The van der Waals surface area contributed by atoms with E-state index in [0.29, 0.717) is 6.42 Å². The van der Waals surface area contributed by atoms with Gasteiger partial charge in [0, 0.05) is 30.0 Å². The lowest BCUT2D eigenvalue weighted by Gasteiger charge is -2.36. The van der Waals surface area contributed by atoms with Gasteiger partial charge >= 0.3 is 0 Å². The van der Waals surface area contributed by atoms with Crippen molar-refractivity contribution in [3.05, 3.63) is 24.5 Å². The minimum absolute atomic E-state index is 0.00460. The second-order valence-corrected chi connectivity index (χ2v) is 5.05. The summed E-state index contributed by atoms with van der Waals surface area (Å²) in [6.07, 6.45) is 9.81. The van der Waals surface area contributed by atoms with E-state index in [1.807, 2.05) is 19.2 Å². The highest BCUT2D eigenvalue weighted by atomic mass is 16.1. The molecule has 0 aromatic carbocycles. The highest BCUT2D eigenvalue weighted by Crippen LogP contribution is 2.30. The summed E-state index contributed by atoms with van der Waals surface area (Å²) in [5.74, 6) is 0.0810. The van der Waals surface area contributed by atoms with Crippen molar-refractivity contribution >= 4 is 11.6 Å². The molecule has 0 unspecified atom stereocenters. The minimum Gasteiger partial charge on any atom is -0.326 e. The monoisotopic (exact) mass is 247 g/mol. The van der Waals surface area contributed by atoms with Crippen LogP contribution in [0.3, 0.4) is 0 Å². The number of amides is 1. The fourth-order valence-corrected chi connectivity index (χ4v) is 2.69. The lowest BCUT2D eigenvalue weighted by molar-refractivity contribution is -0.117. The maximum Gasteiger partial charge on any atom is 0.226 e. The number of carbonyl (C=O) groups is 1. The van der Waals surface area contributed by atoms with Crippen molar-refractivity contribution in [3.8, 4) is 0 Å². The van der Waals surface area contributed by atoms with Crippen molar-refractivity contribution in [1.29, 1.82) is 0 Å². The molecule has 1 saturated carbocycles. The van der Waals surface area contributed by atoms with Crippen molar-refractivity contribution in [2.75, 3.05) is 12.4 Å². The number of aromatic nitrogens is 1. The molecule has 4 nitrogen and oxygen atoms in total. The molecule has 1 aromatic rings. The van der Waals surface area contributed by atoms with Gasteiger partial charge in [-0.05, 0) is 32.0 Å². The zero-order chi connectivity index (χ0) is 12.8. The van der Waals surface area contributed by atoms with E-state index in [1.165, 1.54) is 19.3 Å². The summed E-state index contributed by atoms with van der Waals surface area (Å²) in [7, 11) is 1.96. The Kier molecular flexibility index (Phi) is 4.31. The molecule has 0 saturated heterocycles. The van der Waals surface area contributed by atoms with Crippen LogP contribution in [0.2, 0.25) is 0 Å². The van der Waals surface area contributed by atoms with Gasteiger partial charge < -0.3 is 10.6 Å². The third-order valence-electron chi connectivity index (χ3n) is 3.80. The summed E-state index contributed by atoms with van der Waals surface area (Å²) in [5.41, 5.74) is 0.812. The van der Waals surface area contributed by atoms with Crippen LogP contribution in [0.25, 0.3) is 0 Å². The first-order chi connectivity index (χ1) is 8.74. The fourth-order valence-electron chi connectivity index (χ4n) is 2.69. The van der Waals surface area contributed by atoms with Gasteiger partial charge in [-0.2, -0.15) is 0 Å². The topological polar surface area (TPSA) is 54.0 Å². The van der Waals surface area contributed by atoms with Crippen molar-refractivity contribution in [2.24, 2.45) is 0 Å². The maximum atomic E-state index is 12.1. The van der Waals surface area contributed by atoms with Gasteiger partial charge in [0.15, 0.2) is 0 Å². The number of anilines is 1. The fraction of sp³-hybridized carbons (Fsp3) is 0.571. The molecule has 98 valence electrons. The minimum atomic E-state index is -0.00460. The highest BCUT2D eigenvalue weighted by Gasteiger charge is 2.32. The molecule has 4 heteroatoms. The molecule has 0 radical (unpaired) electrons. The Bertz CT molecular complexity index is 385. The molecule has 1 aromatic heterocycles. The second-order valence-electron chi connectivity index (χ2n) is 5.05. The van der Waals surface area contributed by atoms with Crippen LogP contribution in [0, 0.1) is 0 Å². The molecule has 1 aliphatic carbocycles. The van der Waals surface area contributed by atoms with E-state index in [-0.39, 0.29) is 11.4 Å². The first kappa shape index (κ1) is 13.0. The van der Waals surface area contributed by atoms with Gasteiger partial charge in [0.05, 0.1) is 0 Å². The molecule has 0 bridgehead atoms. The number of nitrogens with one attached hydrogen (secondary N) is 2. The Hall–Kier alpha value is -1.42. The summed E-state index contributed by atoms with van der Waals surface area (Å²) < 4.78 is 0. The number of rotatable bonds is 4. The third-order valence-corrected chi connectivity index (χ3v) is 3.80. The Morgan fingerprint density at radius 1 is 1.28 bits per heavy atom. The first-order valence-corrected chi connectivity index (χ1v) is 6.63. The highest BCUT2D eigenvalue weighted by molar-refractivity contribution is 5.91. The zero-order valence-electron chi connectivity index (χ0n) is 10.9. The van der Waals surface area contributed by atoms with Crippen LogP contribution in [0.5, 0.6) is 0 Å².